The molecule has 5 heteroatoms. The van der Waals surface area contributed by atoms with Gasteiger partial charge < -0.3 is 10.2 Å². The average Bonchev–Trinajstić information content (AvgIpc) is 3.08. The van der Waals surface area contributed by atoms with Crippen molar-refractivity contribution in [3.63, 3.8) is 0 Å². The molecule has 0 aromatic rings. The van der Waals surface area contributed by atoms with E-state index in [0.717, 1.165) is 75.8 Å². The van der Waals surface area contributed by atoms with Crippen LogP contribution in [0.15, 0.2) is 51.7 Å². The van der Waals surface area contributed by atoms with Gasteiger partial charge in [0.05, 0.1) is 5.70 Å². The van der Waals surface area contributed by atoms with Gasteiger partial charge >= 0.3 is 0 Å². The Hall–Kier alpha value is -1.30. The maximum absolute atomic E-state index is 4.88. The largest absolute Gasteiger partial charge is 0.369 e. The van der Waals surface area contributed by atoms with E-state index in [1.54, 1.807) is 11.8 Å². The summed E-state index contributed by atoms with van der Waals surface area (Å²) in [5.74, 6) is 0. The molecule has 4 nitrogen and oxygen atoms in total. The van der Waals surface area contributed by atoms with E-state index < -0.39 is 0 Å². The van der Waals surface area contributed by atoms with Crippen LogP contribution >= 0.6 is 11.8 Å². The highest BCUT2D eigenvalue weighted by atomic mass is 32.2. The third-order valence-electron chi connectivity index (χ3n) is 6.60. The van der Waals surface area contributed by atoms with Gasteiger partial charge in [-0.25, -0.2) is 0 Å². The Labute approximate surface area is 222 Å². The molecule has 200 valence electrons. The quantitative estimate of drug-likeness (QED) is 0.119. The zero-order valence-corrected chi connectivity index (χ0v) is 25.0. The van der Waals surface area contributed by atoms with Crippen molar-refractivity contribution in [1.29, 1.82) is 0 Å². The zero-order valence-electron chi connectivity index (χ0n) is 24.2. The van der Waals surface area contributed by atoms with Gasteiger partial charge in [0.2, 0.25) is 0 Å². The van der Waals surface area contributed by atoms with E-state index in [9.17, 15) is 0 Å². The third-order valence-corrected chi connectivity index (χ3v) is 7.35. The van der Waals surface area contributed by atoms with E-state index in [1.165, 1.54) is 35.1 Å². The summed E-state index contributed by atoms with van der Waals surface area (Å²) in [7, 11) is 0. The summed E-state index contributed by atoms with van der Waals surface area (Å²) < 4.78 is 0. The SMILES string of the molecule is C=C(C(=NCCCNCCC)SC)N1CCCN(C(C)C/C=C(/C=C(C)C)C(CC)=C(C)C)CC1. The van der Waals surface area contributed by atoms with Crippen molar-refractivity contribution in [2.75, 3.05) is 52.1 Å². The summed E-state index contributed by atoms with van der Waals surface area (Å²) in [6, 6.07) is 0.531. The number of allylic oxidation sites excluding steroid dienone is 5. The van der Waals surface area contributed by atoms with Gasteiger partial charge in [0.1, 0.15) is 5.04 Å². The molecular weight excluding hydrogens is 448 g/mol. The Bertz CT molecular complexity index is 754. The Kier molecular flexibility index (Phi) is 16.3. The lowest BCUT2D eigenvalue weighted by atomic mass is 9.95. The Morgan fingerprint density at radius 3 is 2.43 bits per heavy atom. The monoisotopic (exact) mass is 502 g/mol. The summed E-state index contributed by atoms with van der Waals surface area (Å²) in [4.78, 5) is 10.00. The maximum Gasteiger partial charge on any atom is 0.113 e. The number of hydrogen-bond donors (Lipinski definition) is 1. The summed E-state index contributed by atoms with van der Waals surface area (Å²) in [5.41, 5.74) is 6.80. The molecule has 0 aliphatic carbocycles. The minimum absolute atomic E-state index is 0.531. The van der Waals surface area contributed by atoms with E-state index >= 15 is 0 Å². The standard InChI is InChI=1S/C30H54N4S/c1-10-16-31-17-12-18-32-30(35-9)27(8)34-20-13-19-33(21-22-34)26(7)14-15-28(23-24(3)4)29(11-2)25(5)6/h15,23,26,31H,8,10-14,16-22H2,1-7,9H3/b28-15-,32-30?. The van der Waals surface area contributed by atoms with Gasteiger partial charge in [-0.15, -0.1) is 11.8 Å². The fourth-order valence-corrected chi connectivity index (χ4v) is 5.20. The van der Waals surface area contributed by atoms with Gasteiger partial charge in [-0.2, -0.15) is 0 Å². The molecule has 0 aromatic heterocycles. The Morgan fingerprint density at radius 1 is 1.09 bits per heavy atom. The van der Waals surface area contributed by atoms with Crippen LogP contribution in [0, 0.1) is 0 Å². The normalized spacial score (nSPS) is 16.6. The van der Waals surface area contributed by atoms with Crippen molar-refractivity contribution in [2.45, 2.75) is 86.6 Å². The van der Waals surface area contributed by atoms with E-state index in [2.05, 4.69) is 88.6 Å². The third kappa shape index (κ3) is 12.0. The van der Waals surface area contributed by atoms with Crippen LogP contribution in [-0.4, -0.2) is 73.0 Å². The molecule has 0 saturated carbocycles. The highest BCUT2D eigenvalue weighted by molar-refractivity contribution is 8.13. The van der Waals surface area contributed by atoms with Crippen molar-refractivity contribution >= 4 is 16.8 Å². The van der Waals surface area contributed by atoms with Crippen LogP contribution in [0.1, 0.15) is 80.6 Å². The van der Waals surface area contributed by atoms with Gasteiger partial charge in [0.25, 0.3) is 0 Å². The molecule has 1 fully saturated rings. The van der Waals surface area contributed by atoms with Gasteiger partial charge in [-0.3, -0.25) is 9.89 Å². The molecule has 0 bridgehead atoms. The first-order valence-corrected chi connectivity index (χ1v) is 15.0. The minimum atomic E-state index is 0.531. The number of hydrogen-bond acceptors (Lipinski definition) is 5. The van der Waals surface area contributed by atoms with Crippen molar-refractivity contribution in [3.8, 4) is 0 Å². The van der Waals surface area contributed by atoms with Crippen molar-refractivity contribution in [2.24, 2.45) is 4.99 Å². The molecule has 0 aromatic carbocycles. The molecule has 0 radical (unpaired) electrons. The zero-order chi connectivity index (χ0) is 26.2. The maximum atomic E-state index is 4.88. The van der Waals surface area contributed by atoms with Crippen LogP contribution in [0.2, 0.25) is 0 Å². The lowest BCUT2D eigenvalue weighted by Crippen LogP contribution is -2.36. The first kappa shape index (κ1) is 31.7. The van der Waals surface area contributed by atoms with Crippen LogP contribution in [0.3, 0.4) is 0 Å². The molecule has 1 N–H and O–H groups in total. The molecule has 0 amide bonds. The molecule has 0 spiro atoms. The molecule has 1 heterocycles. The molecule has 1 unspecified atom stereocenters. The topological polar surface area (TPSA) is 30.9 Å². The van der Waals surface area contributed by atoms with E-state index in [-0.39, 0.29) is 0 Å². The summed E-state index contributed by atoms with van der Waals surface area (Å²) in [6.07, 6.45) is 12.6. The number of thioether (sulfide) groups is 1. The Balaban J connectivity index is 2.74. The first-order valence-electron chi connectivity index (χ1n) is 13.7. The number of rotatable bonds is 14. The molecular formula is C30H54N4S. The van der Waals surface area contributed by atoms with Crippen molar-refractivity contribution < 1.29 is 0 Å². The first-order chi connectivity index (χ1) is 16.7. The van der Waals surface area contributed by atoms with Crippen LogP contribution < -0.4 is 5.32 Å². The lowest BCUT2D eigenvalue weighted by molar-refractivity contribution is 0.217. The number of nitrogens with one attached hydrogen (secondary N) is 1. The second kappa shape index (κ2) is 18.0. The fourth-order valence-electron chi connectivity index (χ4n) is 4.62. The average molecular weight is 503 g/mol. The molecule has 35 heavy (non-hydrogen) atoms. The summed E-state index contributed by atoms with van der Waals surface area (Å²) in [5, 5.41) is 4.56. The van der Waals surface area contributed by atoms with E-state index in [0.29, 0.717) is 6.04 Å². The van der Waals surface area contributed by atoms with E-state index in [1.807, 2.05) is 0 Å². The summed E-state index contributed by atoms with van der Waals surface area (Å²) in [6.45, 7) is 27.5. The Morgan fingerprint density at radius 2 is 1.83 bits per heavy atom. The van der Waals surface area contributed by atoms with Crippen LogP contribution in [0.4, 0.5) is 0 Å². The second-order valence-corrected chi connectivity index (χ2v) is 10.9. The number of nitrogens with zero attached hydrogens (tertiary/aromatic N) is 3. The van der Waals surface area contributed by atoms with Crippen molar-refractivity contribution in [3.05, 3.63) is 46.7 Å². The highest BCUT2D eigenvalue weighted by Gasteiger charge is 2.21. The van der Waals surface area contributed by atoms with E-state index in [4.69, 9.17) is 4.99 Å². The van der Waals surface area contributed by atoms with Gasteiger partial charge in [0.15, 0.2) is 0 Å². The van der Waals surface area contributed by atoms with Crippen LogP contribution in [0.5, 0.6) is 0 Å². The predicted octanol–water partition coefficient (Wildman–Crippen LogP) is 7.08. The summed E-state index contributed by atoms with van der Waals surface area (Å²) >= 11 is 1.73. The highest BCUT2D eigenvalue weighted by Crippen LogP contribution is 2.23. The van der Waals surface area contributed by atoms with Crippen molar-refractivity contribution in [1.82, 2.24) is 15.1 Å². The minimum Gasteiger partial charge on any atom is -0.369 e. The van der Waals surface area contributed by atoms with Gasteiger partial charge in [-0.1, -0.05) is 43.7 Å². The van der Waals surface area contributed by atoms with Gasteiger partial charge in [-0.05, 0) is 97.2 Å². The lowest BCUT2D eigenvalue weighted by Gasteiger charge is -2.28. The fraction of sp³-hybridized carbons (Fsp3) is 0.700. The number of aliphatic imine (C=N–C) groups is 1. The smallest absolute Gasteiger partial charge is 0.113 e. The second-order valence-electron chi connectivity index (χ2n) is 10.1. The van der Waals surface area contributed by atoms with Crippen LogP contribution in [0.25, 0.3) is 0 Å². The molecule has 1 saturated heterocycles. The molecule has 1 aliphatic heterocycles. The molecule has 1 aliphatic rings. The molecule has 1 rings (SSSR count). The molecule has 1 atom stereocenters. The predicted molar refractivity (Wildman–Crippen MR) is 161 cm³/mol. The van der Waals surface area contributed by atoms with Gasteiger partial charge in [0, 0.05) is 38.8 Å². The van der Waals surface area contributed by atoms with Crippen LogP contribution in [-0.2, 0) is 0 Å².